The van der Waals surface area contributed by atoms with E-state index in [0.717, 1.165) is 12.0 Å². The van der Waals surface area contributed by atoms with E-state index in [1.165, 1.54) is 6.07 Å². The second-order valence-corrected chi connectivity index (χ2v) is 5.10. The molecule has 1 aromatic rings. The predicted molar refractivity (Wildman–Crippen MR) is 76.6 cm³/mol. The molecule has 3 N–H and O–H groups in total. The third-order valence-corrected chi connectivity index (χ3v) is 3.73. The molecule has 7 nitrogen and oxygen atoms in total. The Hall–Kier alpha value is -1.99. The molecule has 0 aromatic heterocycles. The molecule has 1 aromatic carbocycles. The van der Waals surface area contributed by atoms with Gasteiger partial charge in [-0.2, -0.15) is 0 Å². The Labute approximate surface area is 122 Å². The van der Waals surface area contributed by atoms with Gasteiger partial charge in [-0.1, -0.05) is 12.1 Å². The smallest absolute Gasteiger partial charge is 0.272 e. The lowest BCUT2D eigenvalue weighted by atomic mass is 10.1. The van der Waals surface area contributed by atoms with Crippen LogP contribution in [0, 0.1) is 17.0 Å². The molecule has 2 atom stereocenters. The van der Waals surface area contributed by atoms with Gasteiger partial charge in [0.2, 0.25) is 5.91 Å². The molecule has 0 saturated carbocycles. The number of nitro benzene ring substituents is 1. The summed E-state index contributed by atoms with van der Waals surface area (Å²) in [6.45, 7) is 2.34. The molecule has 2 rings (SSSR count). The molecule has 1 aliphatic heterocycles. The van der Waals surface area contributed by atoms with Crippen molar-refractivity contribution >= 4 is 11.6 Å². The predicted octanol–water partition coefficient (Wildman–Crippen LogP) is 1.03. The van der Waals surface area contributed by atoms with Crippen molar-refractivity contribution < 1.29 is 14.5 Å². The van der Waals surface area contributed by atoms with E-state index in [-0.39, 0.29) is 24.2 Å². The largest absolute Gasteiger partial charge is 0.364 e. The highest BCUT2D eigenvalue weighted by Gasteiger charge is 2.29. The van der Waals surface area contributed by atoms with Gasteiger partial charge in [0.15, 0.2) is 0 Å². The lowest BCUT2D eigenvalue weighted by Crippen LogP contribution is -2.35. The monoisotopic (exact) mass is 293 g/mol. The van der Waals surface area contributed by atoms with Crippen molar-refractivity contribution in [3.8, 4) is 0 Å². The first-order chi connectivity index (χ1) is 10.0. The molecular weight excluding hydrogens is 274 g/mol. The molecule has 1 fully saturated rings. The van der Waals surface area contributed by atoms with E-state index in [9.17, 15) is 14.9 Å². The van der Waals surface area contributed by atoms with Gasteiger partial charge in [0, 0.05) is 24.7 Å². The number of hydrogen-bond acceptors (Lipinski definition) is 5. The van der Waals surface area contributed by atoms with E-state index >= 15 is 0 Å². The van der Waals surface area contributed by atoms with Gasteiger partial charge in [-0.25, -0.2) is 0 Å². The zero-order valence-electron chi connectivity index (χ0n) is 11.9. The number of nitro groups is 1. The Kier molecular flexibility index (Phi) is 4.87. The van der Waals surface area contributed by atoms with Gasteiger partial charge in [0.05, 0.1) is 11.0 Å². The highest BCUT2D eigenvalue weighted by atomic mass is 16.6. The molecule has 21 heavy (non-hydrogen) atoms. The van der Waals surface area contributed by atoms with Crippen LogP contribution in [0.4, 0.5) is 5.69 Å². The summed E-state index contributed by atoms with van der Waals surface area (Å²) in [7, 11) is 0. The van der Waals surface area contributed by atoms with Crippen LogP contribution in [0.3, 0.4) is 0 Å². The first-order valence-corrected chi connectivity index (χ1v) is 6.89. The number of hydrogen-bond donors (Lipinski definition) is 2. The Morgan fingerprint density at radius 2 is 2.29 bits per heavy atom. The van der Waals surface area contributed by atoms with Crippen LogP contribution in [0.1, 0.15) is 24.0 Å². The van der Waals surface area contributed by atoms with Crippen LogP contribution < -0.4 is 11.1 Å². The van der Waals surface area contributed by atoms with Crippen LogP contribution in [0.2, 0.25) is 0 Å². The zero-order chi connectivity index (χ0) is 15.4. The highest BCUT2D eigenvalue weighted by molar-refractivity contribution is 5.81. The summed E-state index contributed by atoms with van der Waals surface area (Å²) in [6.07, 6.45) is 0.907. The molecule has 1 amide bonds. The number of carbonyl (C=O) groups excluding carboxylic acids is 1. The van der Waals surface area contributed by atoms with Gasteiger partial charge in [0.1, 0.15) is 6.10 Å². The minimum absolute atomic E-state index is 0.0553. The van der Waals surface area contributed by atoms with Crippen molar-refractivity contribution in [1.82, 2.24) is 5.32 Å². The lowest BCUT2D eigenvalue weighted by Gasteiger charge is -2.13. The Morgan fingerprint density at radius 1 is 1.52 bits per heavy atom. The Balaban J connectivity index is 1.96. The van der Waals surface area contributed by atoms with E-state index in [4.69, 9.17) is 10.5 Å². The average molecular weight is 293 g/mol. The van der Waals surface area contributed by atoms with Crippen molar-refractivity contribution in [3.05, 3.63) is 39.4 Å². The van der Waals surface area contributed by atoms with Crippen molar-refractivity contribution in [1.29, 1.82) is 0 Å². The topological polar surface area (TPSA) is 107 Å². The number of nitrogens with zero attached hydrogens (tertiary/aromatic N) is 1. The fourth-order valence-corrected chi connectivity index (χ4v) is 2.43. The van der Waals surface area contributed by atoms with Crippen LogP contribution in [0.25, 0.3) is 0 Å². The van der Waals surface area contributed by atoms with Crippen LogP contribution in [-0.4, -0.2) is 29.6 Å². The molecule has 0 bridgehead atoms. The van der Waals surface area contributed by atoms with Crippen molar-refractivity contribution in [2.45, 2.75) is 38.5 Å². The van der Waals surface area contributed by atoms with Crippen LogP contribution in [0.15, 0.2) is 18.2 Å². The normalized spacial score (nSPS) is 21.2. The van der Waals surface area contributed by atoms with Crippen molar-refractivity contribution in [3.63, 3.8) is 0 Å². The first-order valence-electron chi connectivity index (χ1n) is 6.89. The number of nitrogens with one attached hydrogen (secondary N) is 1. The quantitative estimate of drug-likeness (QED) is 0.622. The molecule has 0 radical (unpaired) electrons. The maximum Gasteiger partial charge on any atom is 0.272 e. The van der Waals surface area contributed by atoms with Crippen LogP contribution in [-0.2, 0) is 16.1 Å². The molecule has 1 aliphatic rings. The van der Waals surface area contributed by atoms with E-state index in [0.29, 0.717) is 18.5 Å². The maximum absolute atomic E-state index is 12.0. The van der Waals surface area contributed by atoms with Gasteiger partial charge in [0.25, 0.3) is 5.69 Å². The molecule has 114 valence electrons. The van der Waals surface area contributed by atoms with Crippen molar-refractivity contribution in [2.75, 3.05) is 6.54 Å². The Morgan fingerprint density at radius 3 is 2.90 bits per heavy atom. The number of ether oxygens (including phenoxy) is 1. The number of rotatable bonds is 5. The summed E-state index contributed by atoms with van der Waals surface area (Å²) in [5.74, 6) is -0.197. The standard InChI is InChI=1S/C14H19N3O4/c1-9-10(3-2-4-12(9)17(19)20)8-16-14(18)13-6-5-11(7-15)21-13/h2-4,11,13H,5-8,15H2,1H3,(H,16,18). The van der Waals surface area contributed by atoms with E-state index < -0.39 is 11.0 Å². The highest BCUT2D eigenvalue weighted by Crippen LogP contribution is 2.22. The van der Waals surface area contributed by atoms with Crippen molar-refractivity contribution in [2.24, 2.45) is 5.73 Å². The van der Waals surface area contributed by atoms with Gasteiger partial charge in [-0.3, -0.25) is 14.9 Å². The number of benzene rings is 1. The molecular formula is C14H19N3O4. The van der Waals surface area contributed by atoms with E-state index in [1.54, 1.807) is 19.1 Å². The van der Waals surface area contributed by atoms with Gasteiger partial charge >= 0.3 is 0 Å². The fraction of sp³-hybridized carbons (Fsp3) is 0.500. The van der Waals surface area contributed by atoms with Crippen LogP contribution in [0.5, 0.6) is 0 Å². The molecule has 1 heterocycles. The minimum Gasteiger partial charge on any atom is -0.364 e. The molecule has 7 heteroatoms. The summed E-state index contributed by atoms with van der Waals surface area (Å²) in [4.78, 5) is 22.5. The second-order valence-electron chi connectivity index (χ2n) is 5.10. The summed E-state index contributed by atoms with van der Waals surface area (Å²) in [5, 5.41) is 13.6. The van der Waals surface area contributed by atoms with E-state index in [1.807, 2.05) is 0 Å². The van der Waals surface area contributed by atoms with Gasteiger partial charge in [-0.05, 0) is 25.3 Å². The third kappa shape index (κ3) is 3.56. The summed E-state index contributed by atoms with van der Waals surface area (Å²) < 4.78 is 5.51. The molecule has 1 saturated heterocycles. The SMILES string of the molecule is Cc1c(CNC(=O)C2CCC(CN)O2)cccc1[N+](=O)[O-]. The summed E-state index contributed by atoms with van der Waals surface area (Å²) in [6, 6.07) is 4.83. The fourth-order valence-electron chi connectivity index (χ4n) is 2.43. The molecule has 2 unspecified atom stereocenters. The summed E-state index contributed by atoms with van der Waals surface area (Å²) in [5.41, 5.74) is 6.86. The van der Waals surface area contributed by atoms with E-state index in [2.05, 4.69) is 5.32 Å². The third-order valence-electron chi connectivity index (χ3n) is 3.73. The molecule has 0 aliphatic carbocycles. The van der Waals surface area contributed by atoms with Gasteiger partial charge < -0.3 is 15.8 Å². The van der Waals surface area contributed by atoms with Gasteiger partial charge in [-0.15, -0.1) is 0 Å². The Bertz CT molecular complexity index is 547. The zero-order valence-corrected chi connectivity index (χ0v) is 11.9. The summed E-state index contributed by atoms with van der Waals surface area (Å²) >= 11 is 0. The molecule has 0 spiro atoms. The number of carbonyl (C=O) groups is 1. The second kappa shape index (κ2) is 6.64. The first kappa shape index (κ1) is 15.4. The average Bonchev–Trinajstić information content (AvgIpc) is 2.94. The lowest BCUT2D eigenvalue weighted by molar-refractivity contribution is -0.385. The van der Waals surface area contributed by atoms with Crippen LogP contribution >= 0.6 is 0 Å². The number of nitrogens with two attached hydrogens (primary N) is 1. The maximum atomic E-state index is 12.0. The minimum atomic E-state index is -0.474. The number of amides is 1.